The summed E-state index contributed by atoms with van der Waals surface area (Å²) < 4.78 is 23.1. The highest BCUT2D eigenvalue weighted by molar-refractivity contribution is 7.90. The normalized spacial score (nSPS) is 19.0. The molecule has 1 atom stereocenters. The molecule has 1 saturated heterocycles. The largest absolute Gasteiger partial charge is 0.368 e. The third kappa shape index (κ3) is 3.44. The minimum atomic E-state index is -3.15. The maximum absolute atomic E-state index is 11.5. The first kappa shape index (κ1) is 15.7. The molecular weight excluding hydrogens is 312 g/mol. The summed E-state index contributed by atoms with van der Waals surface area (Å²) in [6, 6.07) is 9.17. The predicted octanol–water partition coefficient (Wildman–Crippen LogP) is 1.60. The molecule has 0 saturated carbocycles. The van der Waals surface area contributed by atoms with E-state index in [1.54, 1.807) is 24.5 Å². The van der Waals surface area contributed by atoms with Gasteiger partial charge in [0.15, 0.2) is 9.84 Å². The van der Waals surface area contributed by atoms with E-state index in [4.69, 9.17) is 0 Å². The molecule has 23 heavy (non-hydrogen) atoms. The summed E-state index contributed by atoms with van der Waals surface area (Å²) in [6.45, 7) is 4.67. The van der Waals surface area contributed by atoms with Crippen LogP contribution in [0.4, 0.5) is 11.6 Å². The van der Waals surface area contributed by atoms with Crippen molar-refractivity contribution >= 4 is 21.5 Å². The van der Waals surface area contributed by atoms with E-state index < -0.39 is 9.84 Å². The van der Waals surface area contributed by atoms with Gasteiger partial charge in [-0.25, -0.2) is 18.4 Å². The molecule has 0 radical (unpaired) electrons. The number of hydrogen-bond donors (Lipinski definition) is 0. The quantitative estimate of drug-likeness (QED) is 0.850. The zero-order valence-electron chi connectivity index (χ0n) is 13.3. The van der Waals surface area contributed by atoms with Gasteiger partial charge in [-0.1, -0.05) is 0 Å². The Bertz CT molecular complexity index is 762. The van der Waals surface area contributed by atoms with Gasteiger partial charge in [-0.15, -0.1) is 0 Å². The molecule has 1 aromatic carbocycles. The lowest BCUT2D eigenvalue weighted by Gasteiger charge is -2.41. The minimum Gasteiger partial charge on any atom is -0.368 e. The highest BCUT2D eigenvalue weighted by Crippen LogP contribution is 2.23. The number of rotatable bonds is 3. The van der Waals surface area contributed by atoms with Crippen molar-refractivity contribution in [1.29, 1.82) is 0 Å². The smallest absolute Gasteiger partial charge is 0.225 e. The maximum Gasteiger partial charge on any atom is 0.225 e. The van der Waals surface area contributed by atoms with E-state index in [1.165, 1.54) is 6.26 Å². The average Bonchev–Trinajstić information content (AvgIpc) is 2.55. The second kappa shape index (κ2) is 6.16. The van der Waals surface area contributed by atoms with Crippen LogP contribution in [0.2, 0.25) is 0 Å². The Morgan fingerprint density at radius 2 is 1.74 bits per heavy atom. The van der Waals surface area contributed by atoms with Crippen LogP contribution in [0.25, 0.3) is 0 Å². The molecule has 1 aromatic heterocycles. The van der Waals surface area contributed by atoms with Crippen LogP contribution in [0.15, 0.2) is 47.6 Å². The minimum absolute atomic E-state index is 0.278. The van der Waals surface area contributed by atoms with Crippen LogP contribution in [-0.4, -0.2) is 50.3 Å². The van der Waals surface area contributed by atoms with Gasteiger partial charge in [-0.2, -0.15) is 0 Å². The molecule has 3 rings (SSSR count). The second-order valence-corrected chi connectivity index (χ2v) is 7.82. The van der Waals surface area contributed by atoms with E-state index >= 15 is 0 Å². The fourth-order valence-electron chi connectivity index (χ4n) is 2.83. The molecule has 122 valence electrons. The molecule has 7 heteroatoms. The number of anilines is 2. The molecule has 2 aromatic rings. The van der Waals surface area contributed by atoms with Crippen molar-refractivity contribution in [3.05, 3.63) is 42.7 Å². The van der Waals surface area contributed by atoms with Crippen LogP contribution >= 0.6 is 0 Å². The summed E-state index contributed by atoms with van der Waals surface area (Å²) in [4.78, 5) is 13.4. The maximum atomic E-state index is 11.5. The number of piperazine rings is 1. The lowest BCUT2D eigenvalue weighted by atomic mass is 10.1. The summed E-state index contributed by atoms with van der Waals surface area (Å²) >= 11 is 0. The van der Waals surface area contributed by atoms with Crippen LogP contribution in [0.3, 0.4) is 0 Å². The van der Waals surface area contributed by atoms with Gasteiger partial charge >= 0.3 is 0 Å². The lowest BCUT2D eigenvalue weighted by molar-refractivity contribution is 0.540. The standard InChI is InChI=1S/C16H20N4O2S/c1-13-12-19(10-11-20(13)16-17-8-3-9-18-16)14-4-6-15(7-5-14)23(2,21)22/h3-9,13H,10-12H2,1-2H3. The van der Waals surface area contributed by atoms with Gasteiger partial charge in [-0.05, 0) is 37.3 Å². The Balaban J connectivity index is 1.73. The second-order valence-electron chi connectivity index (χ2n) is 5.80. The predicted molar refractivity (Wildman–Crippen MR) is 90.6 cm³/mol. The van der Waals surface area contributed by atoms with Crippen molar-refractivity contribution in [2.45, 2.75) is 17.9 Å². The van der Waals surface area contributed by atoms with Crippen molar-refractivity contribution in [1.82, 2.24) is 9.97 Å². The lowest BCUT2D eigenvalue weighted by Crippen LogP contribution is -2.52. The van der Waals surface area contributed by atoms with Crippen LogP contribution in [0, 0.1) is 0 Å². The van der Waals surface area contributed by atoms with Crippen LogP contribution < -0.4 is 9.80 Å². The third-order valence-electron chi connectivity index (χ3n) is 4.07. The first-order chi connectivity index (χ1) is 10.9. The highest BCUT2D eigenvalue weighted by atomic mass is 32.2. The van der Waals surface area contributed by atoms with Gasteiger partial charge in [0.1, 0.15) is 0 Å². The summed E-state index contributed by atoms with van der Waals surface area (Å²) in [7, 11) is -3.15. The fraction of sp³-hybridized carbons (Fsp3) is 0.375. The van der Waals surface area contributed by atoms with Crippen LogP contribution in [0.1, 0.15) is 6.92 Å². The van der Waals surface area contributed by atoms with Gasteiger partial charge in [0.25, 0.3) is 0 Å². The van der Waals surface area contributed by atoms with Gasteiger partial charge in [0, 0.05) is 50.0 Å². The van der Waals surface area contributed by atoms with Gasteiger partial charge in [0.05, 0.1) is 4.90 Å². The van der Waals surface area contributed by atoms with E-state index in [2.05, 4.69) is 26.7 Å². The molecule has 0 bridgehead atoms. The first-order valence-electron chi connectivity index (χ1n) is 7.54. The Morgan fingerprint density at radius 3 is 2.30 bits per heavy atom. The summed E-state index contributed by atoms with van der Waals surface area (Å²) in [5, 5.41) is 0. The Morgan fingerprint density at radius 1 is 1.09 bits per heavy atom. The number of aromatic nitrogens is 2. The summed E-state index contributed by atoms with van der Waals surface area (Å²) in [5.41, 5.74) is 1.04. The monoisotopic (exact) mass is 332 g/mol. The SMILES string of the molecule is CC1CN(c2ccc(S(C)(=O)=O)cc2)CCN1c1ncccn1. The molecule has 1 fully saturated rings. The molecule has 0 spiro atoms. The molecule has 1 aliphatic heterocycles. The van der Waals surface area contributed by atoms with Crippen LogP contribution in [-0.2, 0) is 9.84 Å². The number of sulfone groups is 1. The number of hydrogen-bond acceptors (Lipinski definition) is 6. The van der Waals surface area contributed by atoms with E-state index in [-0.39, 0.29) is 6.04 Å². The third-order valence-corrected chi connectivity index (χ3v) is 5.20. The zero-order valence-corrected chi connectivity index (χ0v) is 14.1. The topological polar surface area (TPSA) is 66.4 Å². The van der Waals surface area contributed by atoms with Gasteiger partial charge in [-0.3, -0.25) is 0 Å². The van der Waals surface area contributed by atoms with E-state index in [1.807, 2.05) is 18.2 Å². The van der Waals surface area contributed by atoms with Crippen molar-refractivity contribution in [2.75, 3.05) is 35.7 Å². The molecule has 0 N–H and O–H groups in total. The van der Waals surface area contributed by atoms with E-state index in [0.29, 0.717) is 4.90 Å². The molecule has 1 aliphatic rings. The molecule has 1 unspecified atom stereocenters. The summed E-state index contributed by atoms with van der Waals surface area (Å²) in [5.74, 6) is 0.757. The number of benzene rings is 1. The van der Waals surface area contributed by atoms with Gasteiger partial charge < -0.3 is 9.80 Å². The summed E-state index contributed by atoms with van der Waals surface area (Å²) in [6.07, 6.45) is 4.74. The molecule has 6 nitrogen and oxygen atoms in total. The zero-order chi connectivity index (χ0) is 16.4. The molecule has 2 heterocycles. The highest BCUT2D eigenvalue weighted by Gasteiger charge is 2.25. The average molecular weight is 332 g/mol. The van der Waals surface area contributed by atoms with Crippen molar-refractivity contribution in [3.63, 3.8) is 0 Å². The molecule has 0 amide bonds. The molecule has 0 aliphatic carbocycles. The van der Waals surface area contributed by atoms with Gasteiger partial charge in [0.2, 0.25) is 5.95 Å². The molecular formula is C16H20N4O2S. The van der Waals surface area contributed by atoms with Crippen LogP contribution in [0.5, 0.6) is 0 Å². The van der Waals surface area contributed by atoms with E-state index in [9.17, 15) is 8.42 Å². The van der Waals surface area contributed by atoms with E-state index in [0.717, 1.165) is 31.3 Å². The Labute approximate surface area is 136 Å². The number of nitrogens with zero attached hydrogens (tertiary/aromatic N) is 4. The van der Waals surface area contributed by atoms with Crippen molar-refractivity contribution < 1.29 is 8.42 Å². The van der Waals surface area contributed by atoms with Crippen molar-refractivity contribution in [3.8, 4) is 0 Å². The fourth-order valence-corrected chi connectivity index (χ4v) is 3.46. The Hall–Kier alpha value is -2.15. The Kier molecular flexibility index (Phi) is 4.21. The van der Waals surface area contributed by atoms with Crippen molar-refractivity contribution in [2.24, 2.45) is 0 Å². The first-order valence-corrected chi connectivity index (χ1v) is 9.43.